The molecule has 0 saturated heterocycles. The number of methoxy groups -OCH3 is 1. The topological polar surface area (TPSA) is 51.2 Å². The first-order valence-corrected chi connectivity index (χ1v) is 6.92. The summed E-state index contributed by atoms with van der Waals surface area (Å²) in [4.78, 5) is 16.5. The Balaban J connectivity index is 1.83. The van der Waals surface area contributed by atoms with E-state index in [1.165, 1.54) is 0 Å². The van der Waals surface area contributed by atoms with E-state index < -0.39 is 0 Å². The Morgan fingerprint density at radius 2 is 1.86 bits per heavy atom. The van der Waals surface area contributed by atoms with Crippen molar-refractivity contribution in [3.05, 3.63) is 59.9 Å². The summed E-state index contributed by atoms with van der Waals surface area (Å²) in [6.07, 6.45) is 3.82. The fourth-order valence-electron chi connectivity index (χ4n) is 1.82. The van der Waals surface area contributed by atoms with Gasteiger partial charge in [-0.15, -0.1) is 0 Å². The number of carbonyl (C=O) groups excluding carboxylic acids is 1. The van der Waals surface area contributed by atoms with E-state index in [9.17, 15) is 4.79 Å². The number of nitrogens with one attached hydrogen (secondary N) is 1. The van der Waals surface area contributed by atoms with Gasteiger partial charge in [0.15, 0.2) is 0 Å². The molecule has 0 aliphatic rings. The largest absolute Gasteiger partial charge is 0.497 e. The number of nitrogens with zero attached hydrogens (tertiary/aromatic N) is 1. The minimum absolute atomic E-state index is 0.144. The number of aromatic nitrogens is 1. The fraction of sp³-hybridized carbons (Fsp3) is 0.188. The number of pyridine rings is 1. The van der Waals surface area contributed by atoms with E-state index in [-0.39, 0.29) is 5.91 Å². The van der Waals surface area contributed by atoms with Crippen LogP contribution in [-0.2, 0) is 6.42 Å². The zero-order valence-corrected chi connectivity index (χ0v) is 12.5. The number of hydrogen-bond donors (Lipinski definition) is 1. The first-order valence-electron chi connectivity index (χ1n) is 6.52. The van der Waals surface area contributed by atoms with Crippen molar-refractivity contribution in [2.45, 2.75) is 6.42 Å². The summed E-state index contributed by atoms with van der Waals surface area (Å²) in [6.45, 7) is 0.377. The van der Waals surface area contributed by atoms with Crippen LogP contribution in [0.1, 0.15) is 15.9 Å². The molecule has 0 aliphatic heterocycles. The Bertz CT molecular complexity index is 612. The van der Waals surface area contributed by atoms with Crippen LogP contribution in [0.4, 0.5) is 0 Å². The number of hydrogen-bond acceptors (Lipinski definition) is 4. The molecule has 0 fully saturated rings. The van der Waals surface area contributed by atoms with Crippen LogP contribution in [0.15, 0.2) is 48.8 Å². The molecule has 108 valence electrons. The van der Waals surface area contributed by atoms with Gasteiger partial charge in [-0.3, -0.25) is 9.78 Å². The van der Waals surface area contributed by atoms with E-state index in [2.05, 4.69) is 10.3 Å². The van der Waals surface area contributed by atoms with Gasteiger partial charge >= 0.3 is 0 Å². The van der Waals surface area contributed by atoms with Crippen LogP contribution in [0.2, 0.25) is 0 Å². The normalized spacial score (nSPS) is 9.95. The lowest BCUT2D eigenvalue weighted by atomic mass is 10.1. The molecule has 0 radical (unpaired) electrons. The van der Waals surface area contributed by atoms with Gasteiger partial charge in [-0.25, -0.2) is 0 Å². The summed E-state index contributed by atoms with van der Waals surface area (Å²) >= 11 is 5.31. The second-order valence-corrected chi connectivity index (χ2v) is 5.06. The van der Waals surface area contributed by atoms with Crippen molar-refractivity contribution >= 4 is 23.0 Å². The molecule has 2 rings (SSSR count). The molecular formula is C16H16N2O2S. The van der Waals surface area contributed by atoms with Gasteiger partial charge in [0.2, 0.25) is 0 Å². The quantitative estimate of drug-likeness (QED) is 0.833. The molecule has 0 spiro atoms. The summed E-state index contributed by atoms with van der Waals surface area (Å²) in [5.41, 5.74) is 1.68. The third-order valence-electron chi connectivity index (χ3n) is 2.95. The lowest BCUT2D eigenvalue weighted by Crippen LogP contribution is -2.29. The Morgan fingerprint density at radius 1 is 1.19 bits per heavy atom. The minimum atomic E-state index is -0.144. The average Bonchev–Trinajstić information content (AvgIpc) is 2.54. The Kier molecular flexibility index (Phi) is 5.40. The van der Waals surface area contributed by atoms with Crippen LogP contribution in [0.5, 0.6) is 5.75 Å². The van der Waals surface area contributed by atoms with E-state index in [1.54, 1.807) is 31.6 Å². The van der Waals surface area contributed by atoms with Gasteiger partial charge in [0.05, 0.1) is 7.11 Å². The molecule has 0 aliphatic carbocycles. The van der Waals surface area contributed by atoms with Crippen molar-refractivity contribution in [1.29, 1.82) is 0 Å². The third-order valence-corrected chi connectivity index (χ3v) is 3.24. The third kappa shape index (κ3) is 4.65. The van der Waals surface area contributed by atoms with E-state index in [1.807, 2.05) is 24.3 Å². The van der Waals surface area contributed by atoms with Gasteiger partial charge in [-0.2, -0.15) is 0 Å². The number of rotatable bonds is 6. The molecule has 0 unspecified atom stereocenters. The summed E-state index contributed by atoms with van der Waals surface area (Å²) in [7, 11) is 1.63. The maximum absolute atomic E-state index is 11.9. The smallest absolute Gasteiger partial charge is 0.251 e. The van der Waals surface area contributed by atoms with Crippen molar-refractivity contribution < 1.29 is 9.53 Å². The summed E-state index contributed by atoms with van der Waals surface area (Å²) in [6, 6.07) is 11.1. The number of benzene rings is 1. The van der Waals surface area contributed by atoms with Crippen LogP contribution < -0.4 is 10.1 Å². The maximum Gasteiger partial charge on any atom is 0.251 e. The summed E-state index contributed by atoms with van der Waals surface area (Å²) in [5, 5.41) is 2.81. The zero-order chi connectivity index (χ0) is 15.1. The SMILES string of the molecule is COc1ccc(CC(=S)CNC(=O)c2ccncc2)cc1. The molecule has 1 amide bonds. The van der Waals surface area contributed by atoms with Gasteiger partial charge in [0.25, 0.3) is 5.91 Å². The second-order valence-electron chi connectivity index (χ2n) is 4.48. The Labute approximate surface area is 129 Å². The van der Waals surface area contributed by atoms with Gasteiger partial charge in [0, 0.05) is 35.8 Å². The standard InChI is InChI=1S/C16H16N2O2S/c1-20-14-4-2-12(3-5-14)10-15(21)11-18-16(19)13-6-8-17-9-7-13/h2-9H,10-11H2,1H3,(H,18,19). The van der Waals surface area contributed by atoms with E-state index >= 15 is 0 Å². The van der Waals surface area contributed by atoms with Gasteiger partial charge in [-0.05, 0) is 29.8 Å². The van der Waals surface area contributed by atoms with Crippen LogP contribution in [-0.4, -0.2) is 29.4 Å². The Hall–Kier alpha value is -2.27. The molecule has 0 atom stereocenters. The lowest BCUT2D eigenvalue weighted by Gasteiger charge is -2.07. The molecule has 21 heavy (non-hydrogen) atoms. The first-order chi connectivity index (χ1) is 10.2. The van der Waals surface area contributed by atoms with Crippen LogP contribution >= 0.6 is 12.2 Å². The number of ether oxygens (including phenoxy) is 1. The molecule has 1 heterocycles. The Morgan fingerprint density at radius 3 is 2.48 bits per heavy atom. The molecule has 1 aromatic heterocycles. The van der Waals surface area contributed by atoms with Crippen molar-refractivity contribution in [3.63, 3.8) is 0 Å². The molecule has 4 nitrogen and oxygen atoms in total. The number of thiocarbonyl (C=S) groups is 1. The maximum atomic E-state index is 11.9. The number of amides is 1. The van der Waals surface area contributed by atoms with E-state index in [4.69, 9.17) is 17.0 Å². The van der Waals surface area contributed by atoms with Gasteiger partial charge < -0.3 is 10.1 Å². The highest BCUT2D eigenvalue weighted by molar-refractivity contribution is 7.80. The predicted molar refractivity (Wildman–Crippen MR) is 85.9 cm³/mol. The molecule has 1 aromatic carbocycles. The van der Waals surface area contributed by atoms with Crippen molar-refractivity contribution in [1.82, 2.24) is 10.3 Å². The molecule has 5 heteroatoms. The first kappa shape index (κ1) is 15.1. The van der Waals surface area contributed by atoms with Crippen LogP contribution in [0.3, 0.4) is 0 Å². The summed E-state index contributed by atoms with van der Waals surface area (Å²) < 4.78 is 5.11. The highest BCUT2D eigenvalue weighted by atomic mass is 32.1. The fourth-order valence-corrected chi connectivity index (χ4v) is 2.06. The van der Waals surface area contributed by atoms with Crippen molar-refractivity contribution in [2.24, 2.45) is 0 Å². The highest BCUT2D eigenvalue weighted by Gasteiger charge is 2.06. The van der Waals surface area contributed by atoms with Crippen molar-refractivity contribution in [3.8, 4) is 5.75 Å². The average molecular weight is 300 g/mol. The summed E-state index contributed by atoms with van der Waals surface area (Å²) in [5.74, 6) is 0.671. The monoisotopic (exact) mass is 300 g/mol. The van der Waals surface area contributed by atoms with Crippen LogP contribution in [0.25, 0.3) is 0 Å². The van der Waals surface area contributed by atoms with Crippen LogP contribution in [0, 0.1) is 0 Å². The minimum Gasteiger partial charge on any atom is -0.497 e. The molecular weight excluding hydrogens is 284 g/mol. The molecule has 0 saturated carbocycles. The highest BCUT2D eigenvalue weighted by Crippen LogP contribution is 2.12. The molecule has 1 N–H and O–H groups in total. The molecule has 0 bridgehead atoms. The lowest BCUT2D eigenvalue weighted by molar-refractivity contribution is 0.0959. The second kappa shape index (κ2) is 7.50. The predicted octanol–water partition coefficient (Wildman–Crippen LogP) is 2.43. The van der Waals surface area contributed by atoms with E-state index in [0.29, 0.717) is 18.5 Å². The van der Waals surface area contributed by atoms with Gasteiger partial charge in [-0.1, -0.05) is 24.4 Å². The number of carbonyl (C=O) groups is 1. The van der Waals surface area contributed by atoms with Crippen molar-refractivity contribution in [2.75, 3.05) is 13.7 Å². The zero-order valence-electron chi connectivity index (χ0n) is 11.7. The van der Waals surface area contributed by atoms with Gasteiger partial charge in [0.1, 0.15) is 5.75 Å². The molecule has 2 aromatic rings. The van der Waals surface area contributed by atoms with E-state index in [0.717, 1.165) is 16.2 Å².